The lowest BCUT2D eigenvalue weighted by Crippen LogP contribution is -2.22. The molecule has 2 aromatic rings. The van der Waals surface area contributed by atoms with Crippen LogP contribution in [0.3, 0.4) is 0 Å². The number of carbonyl (C=O) groups is 1. The van der Waals surface area contributed by atoms with Gasteiger partial charge in [0.2, 0.25) is 5.91 Å². The van der Waals surface area contributed by atoms with Crippen LogP contribution in [0.15, 0.2) is 42.7 Å². The number of hydrogen-bond acceptors (Lipinski definition) is 5. The molecule has 2 N–H and O–H groups in total. The van der Waals surface area contributed by atoms with Crippen LogP contribution in [0.4, 0.5) is 11.6 Å². The first-order valence-corrected chi connectivity index (χ1v) is 5.59. The molecule has 0 bridgehead atoms. The van der Waals surface area contributed by atoms with Crippen molar-refractivity contribution in [2.24, 2.45) is 0 Å². The van der Waals surface area contributed by atoms with Gasteiger partial charge in [0.15, 0.2) is 0 Å². The Bertz CT molecular complexity index is 589. The van der Waals surface area contributed by atoms with E-state index in [1.165, 1.54) is 6.20 Å². The number of aromatic nitrogens is 2. The Labute approximate surface area is 110 Å². The summed E-state index contributed by atoms with van der Waals surface area (Å²) in [6, 6.07) is 10.5. The summed E-state index contributed by atoms with van der Waals surface area (Å²) >= 11 is 0. The quantitative estimate of drug-likeness (QED) is 0.859. The molecule has 0 aromatic carbocycles. The molecule has 0 aliphatic rings. The van der Waals surface area contributed by atoms with Crippen molar-refractivity contribution < 1.29 is 4.79 Å². The first-order valence-electron chi connectivity index (χ1n) is 5.59. The van der Waals surface area contributed by atoms with Gasteiger partial charge in [0.05, 0.1) is 12.1 Å². The second kappa shape index (κ2) is 6.12. The highest BCUT2D eigenvalue weighted by atomic mass is 16.1. The summed E-state index contributed by atoms with van der Waals surface area (Å²) in [5, 5.41) is 14.1. The topological polar surface area (TPSA) is 90.7 Å². The Morgan fingerprint density at radius 1 is 1.21 bits per heavy atom. The summed E-state index contributed by atoms with van der Waals surface area (Å²) in [6.45, 7) is 0.0788. The monoisotopic (exact) mass is 253 g/mol. The van der Waals surface area contributed by atoms with Crippen molar-refractivity contribution in [1.82, 2.24) is 9.97 Å². The predicted molar refractivity (Wildman–Crippen MR) is 70.3 cm³/mol. The van der Waals surface area contributed by atoms with Gasteiger partial charge in [0.25, 0.3) is 0 Å². The van der Waals surface area contributed by atoms with E-state index >= 15 is 0 Å². The Kier molecular flexibility index (Phi) is 4.03. The molecule has 2 heterocycles. The molecule has 0 unspecified atom stereocenters. The molecule has 0 aliphatic carbocycles. The number of pyridine rings is 2. The van der Waals surface area contributed by atoms with Gasteiger partial charge in [-0.15, -0.1) is 0 Å². The maximum atomic E-state index is 11.6. The molecule has 0 saturated heterocycles. The van der Waals surface area contributed by atoms with Gasteiger partial charge < -0.3 is 10.6 Å². The summed E-state index contributed by atoms with van der Waals surface area (Å²) in [7, 11) is 0. The molecule has 2 rings (SSSR count). The van der Waals surface area contributed by atoms with E-state index < -0.39 is 0 Å². The standard InChI is InChI=1S/C13H11N5O/c14-7-10-4-5-11(16-8-10)17-9-13(19)18-12-3-1-2-6-15-12/h1-6,8H,9H2,(H,16,17)(H,15,18,19). The van der Waals surface area contributed by atoms with Gasteiger partial charge in [-0.1, -0.05) is 6.07 Å². The van der Waals surface area contributed by atoms with Crippen molar-refractivity contribution in [2.75, 3.05) is 17.2 Å². The fraction of sp³-hybridized carbons (Fsp3) is 0.0769. The maximum absolute atomic E-state index is 11.6. The Morgan fingerprint density at radius 2 is 2.11 bits per heavy atom. The highest BCUT2D eigenvalue weighted by Gasteiger charge is 2.03. The minimum atomic E-state index is -0.218. The van der Waals surface area contributed by atoms with E-state index in [9.17, 15) is 4.79 Å². The van der Waals surface area contributed by atoms with Crippen LogP contribution >= 0.6 is 0 Å². The van der Waals surface area contributed by atoms with Crippen LogP contribution in [-0.2, 0) is 4.79 Å². The molecule has 0 saturated carbocycles. The van der Waals surface area contributed by atoms with Crippen LogP contribution in [0.1, 0.15) is 5.56 Å². The molecule has 1 amide bonds. The molecule has 0 radical (unpaired) electrons. The number of nitrogens with zero attached hydrogens (tertiary/aromatic N) is 3. The molecular formula is C13H11N5O. The Balaban J connectivity index is 1.85. The Hall–Kier alpha value is -2.94. The summed E-state index contributed by atoms with van der Waals surface area (Å²) in [6.07, 6.45) is 3.05. The Morgan fingerprint density at radius 3 is 2.74 bits per heavy atom. The highest BCUT2D eigenvalue weighted by molar-refractivity contribution is 5.92. The van der Waals surface area contributed by atoms with Crippen LogP contribution < -0.4 is 10.6 Å². The van der Waals surface area contributed by atoms with Crippen LogP contribution in [0.2, 0.25) is 0 Å². The number of nitriles is 1. The minimum Gasteiger partial charge on any atom is -0.361 e. The van der Waals surface area contributed by atoms with E-state index in [0.29, 0.717) is 17.2 Å². The average Bonchev–Trinajstić information content (AvgIpc) is 2.47. The van der Waals surface area contributed by atoms with E-state index in [0.717, 1.165) is 0 Å². The summed E-state index contributed by atoms with van der Waals surface area (Å²) in [4.78, 5) is 19.6. The lowest BCUT2D eigenvalue weighted by Gasteiger charge is -2.06. The zero-order chi connectivity index (χ0) is 13.5. The van der Waals surface area contributed by atoms with Crippen molar-refractivity contribution in [3.05, 3.63) is 48.3 Å². The smallest absolute Gasteiger partial charge is 0.244 e. The minimum absolute atomic E-state index is 0.0788. The third kappa shape index (κ3) is 3.78. The van der Waals surface area contributed by atoms with Crippen molar-refractivity contribution in [2.45, 2.75) is 0 Å². The molecule has 19 heavy (non-hydrogen) atoms. The lowest BCUT2D eigenvalue weighted by molar-refractivity contribution is -0.114. The highest BCUT2D eigenvalue weighted by Crippen LogP contribution is 2.04. The average molecular weight is 253 g/mol. The van der Waals surface area contributed by atoms with Gasteiger partial charge in [0, 0.05) is 12.4 Å². The maximum Gasteiger partial charge on any atom is 0.244 e. The second-order valence-corrected chi connectivity index (χ2v) is 3.66. The summed E-state index contributed by atoms with van der Waals surface area (Å²) < 4.78 is 0. The molecular weight excluding hydrogens is 242 g/mol. The molecule has 0 atom stereocenters. The number of carbonyl (C=O) groups excluding carboxylic acids is 1. The third-order valence-electron chi connectivity index (χ3n) is 2.26. The normalized spacial score (nSPS) is 9.42. The number of nitrogens with one attached hydrogen (secondary N) is 2. The van der Waals surface area contributed by atoms with Crippen LogP contribution in [0.25, 0.3) is 0 Å². The zero-order valence-electron chi connectivity index (χ0n) is 10.00. The van der Waals surface area contributed by atoms with E-state index in [-0.39, 0.29) is 12.5 Å². The fourth-order valence-corrected chi connectivity index (χ4v) is 1.36. The molecule has 2 aromatic heterocycles. The van der Waals surface area contributed by atoms with Crippen molar-refractivity contribution in [3.63, 3.8) is 0 Å². The SMILES string of the molecule is N#Cc1ccc(NCC(=O)Nc2ccccn2)nc1. The third-order valence-corrected chi connectivity index (χ3v) is 2.26. The zero-order valence-corrected chi connectivity index (χ0v) is 10.00. The van der Waals surface area contributed by atoms with Gasteiger partial charge in [-0.25, -0.2) is 9.97 Å². The van der Waals surface area contributed by atoms with E-state index in [1.54, 1.807) is 36.5 Å². The molecule has 94 valence electrons. The first kappa shape index (κ1) is 12.5. The largest absolute Gasteiger partial charge is 0.361 e. The number of rotatable bonds is 4. The fourth-order valence-electron chi connectivity index (χ4n) is 1.36. The lowest BCUT2D eigenvalue weighted by atomic mass is 10.3. The van der Waals surface area contributed by atoms with Gasteiger partial charge in [0.1, 0.15) is 17.7 Å². The van der Waals surface area contributed by atoms with Gasteiger partial charge in [-0.2, -0.15) is 5.26 Å². The number of hydrogen-bond donors (Lipinski definition) is 2. The summed E-state index contributed by atoms with van der Waals surface area (Å²) in [5.74, 6) is 0.821. The number of anilines is 2. The van der Waals surface area contributed by atoms with Crippen molar-refractivity contribution >= 4 is 17.5 Å². The second-order valence-electron chi connectivity index (χ2n) is 3.66. The van der Waals surface area contributed by atoms with Gasteiger partial charge in [-0.3, -0.25) is 4.79 Å². The van der Waals surface area contributed by atoms with Crippen molar-refractivity contribution in [1.29, 1.82) is 5.26 Å². The van der Waals surface area contributed by atoms with Crippen LogP contribution in [0.5, 0.6) is 0 Å². The van der Waals surface area contributed by atoms with Crippen LogP contribution in [0, 0.1) is 11.3 Å². The van der Waals surface area contributed by atoms with E-state index in [2.05, 4.69) is 20.6 Å². The van der Waals surface area contributed by atoms with Crippen LogP contribution in [-0.4, -0.2) is 22.4 Å². The van der Waals surface area contributed by atoms with Gasteiger partial charge >= 0.3 is 0 Å². The molecule has 6 nitrogen and oxygen atoms in total. The molecule has 0 fully saturated rings. The molecule has 6 heteroatoms. The van der Waals surface area contributed by atoms with E-state index in [4.69, 9.17) is 5.26 Å². The molecule has 0 aliphatic heterocycles. The van der Waals surface area contributed by atoms with E-state index in [1.807, 2.05) is 6.07 Å². The summed E-state index contributed by atoms with van der Waals surface area (Å²) in [5.41, 5.74) is 0.475. The predicted octanol–water partition coefficient (Wildman–Crippen LogP) is 1.40. The molecule has 0 spiro atoms. The van der Waals surface area contributed by atoms with Gasteiger partial charge in [-0.05, 0) is 24.3 Å². The first-order chi connectivity index (χ1) is 9.28. The van der Waals surface area contributed by atoms with Crippen molar-refractivity contribution in [3.8, 4) is 6.07 Å². The number of amides is 1.